The van der Waals surface area contributed by atoms with Crippen LogP contribution in [0.25, 0.3) is 0 Å². The van der Waals surface area contributed by atoms with Gasteiger partial charge < -0.3 is 24.8 Å². The van der Waals surface area contributed by atoms with Crippen LogP contribution in [0.3, 0.4) is 0 Å². The van der Waals surface area contributed by atoms with Crippen LogP contribution in [-0.2, 0) is 9.59 Å². The lowest BCUT2D eigenvalue weighted by atomic mass is 9.68. The number of hydrogen-bond acceptors (Lipinski definition) is 6. The Morgan fingerprint density at radius 1 is 0.971 bits per heavy atom. The number of ether oxygens (including phenoxy) is 3. The van der Waals surface area contributed by atoms with E-state index in [2.05, 4.69) is 24.5 Å². The van der Waals surface area contributed by atoms with E-state index in [9.17, 15) is 9.59 Å². The quantitative estimate of drug-likeness (QED) is 0.613. The minimum absolute atomic E-state index is 0.0404. The molecule has 7 heteroatoms. The zero-order valence-corrected chi connectivity index (χ0v) is 21.1. The van der Waals surface area contributed by atoms with Gasteiger partial charge in [-0.15, -0.1) is 0 Å². The minimum atomic E-state index is -0.552. The van der Waals surface area contributed by atoms with Crippen LogP contribution in [0.5, 0.6) is 17.2 Å². The molecule has 2 aliphatic rings. The van der Waals surface area contributed by atoms with E-state index in [4.69, 9.17) is 14.2 Å². The van der Waals surface area contributed by atoms with Gasteiger partial charge in [-0.25, -0.2) is 0 Å². The van der Waals surface area contributed by atoms with E-state index < -0.39 is 5.92 Å². The molecule has 0 saturated carbocycles. The smallest absolute Gasteiger partial charge is 0.254 e. The molecule has 1 aliphatic heterocycles. The molecule has 0 bridgehead atoms. The van der Waals surface area contributed by atoms with Gasteiger partial charge in [0, 0.05) is 34.9 Å². The molecule has 4 rings (SSSR count). The van der Waals surface area contributed by atoms with Gasteiger partial charge in [0.05, 0.1) is 27.0 Å². The Kier molecular flexibility index (Phi) is 6.61. The summed E-state index contributed by atoms with van der Waals surface area (Å²) in [4.78, 5) is 27.3. The van der Waals surface area contributed by atoms with Crippen molar-refractivity contribution < 1.29 is 23.8 Å². The summed E-state index contributed by atoms with van der Waals surface area (Å²) in [6.07, 6.45) is 1.13. The van der Waals surface area contributed by atoms with E-state index in [1.54, 1.807) is 39.5 Å². The predicted octanol–water partition coefficient (Wildman–Crippen LogP) is 4.96. The van der Waals surface area contributed by atoms with Crippen molar-refractivity contribution in [2.24, 2.45) is 5.41 Å². The number of para-hydroxylation sites is 2. The van der Waals surface area contributed by atoms with Crippen molar-refractivity contribution in [3.05, 3.63) is 70.6 Å². The second-order valence-electron chi connectivity index (χ2n) is 9.70. The van der Waals surface area contributed by atoms with Gasteiger partial charge in [-0.2, -0.15) is 0 Å². The van der Waals surface area contributed by atoms with Gasteiger partial charge in [-0.1, -0.05) is 32.0 Å². The van der Waals surface area contributed by atoms with Gasteiger partial charge >= 0.3 is 0 Å². The van der Waals surface area contributed by atoms with Crippen LogP contribution in [0.15, 0.2) is 65.0 Å². The van der Waals surface area contributed by atoms with Crippen molar-refractivity contribution in [1.82, 2.24) is 5.32 Å². The van der Waals surface area contributed by atoms with Crippen molar-refractivity contribution in [2.45, 2.75) is 39.5 Å². The molecule has 1 atom stereocenters. The second-order valence-corrected chi connectivity index (χ2v) is 9.70. The van der Waals surface area contributed by atoms with E-state index in [0.29, 0.717) is 46.2 Å². The summed E-state index contributed by atoms with van der Waals surface area (Å²) in [6.45, 7) is 6.05. The van der Waals surface area contributed by atoms with Crippen LogP contribution in [0.4, 0.5) is 5.69 Å². The lowest BCUT2D eigenvalue weighted by Gasteiger charge is -2.39. The fourth-order valence-electron chi connectivity index (χ4n) is 5.04. The molecule has 0 radical (unpaired) electrons. The Bertz CT molecular complexity index is 1240. The summed E-state index contributed by atoms with van der Waals surface area (Å²) in [5, 5.41) is 6.38. The lowest BCUT2D eigenvalue weighted by Crippen LogP contribution is -2.39. The molecule has 0 unspecified atom stereocenters. The molecule has 35 heavy (non-hydrogen) atoms. The number of carbonyl (C=O) groups excluding carboxylic acids is 2. The maximum Gasteiger partial charge on any atom is 0.254 e. The third-order valence-electron chi connectivity index (χ3n) is 6.58. The van der Waals surface area contributed by atoms with Gasteiger partial charge in [0.25, 0.3) is 5.91 Å². The first-order chi connectivity index (χ1) is 16.7. The molecule has 2 N–H and O–H groups in total. The van der Waals surface area contributed by atoms with Crippen molar-refractivity contribution in [1.29, 1.82) is 0 Å². The highest BCUT2D eigenvalue weighted by atomic mass is 16.5. The second kappa shape index (κ2) is 9.49. The fraction of sp³-hybridized carbons (Fsp3) is 0.357. The number of allylic oxidation sites excluding steroid dienone is 3. The van der Waals surface area contributed by atoms with Crippen LogP contribution >= 0.6 is 0 Å². The molecular formula is C28H32N2O5. The van der Waals surface area contributed by atoms with Crippen LogP contribution < -0.4 is 24.8 Å². The van der Waals surface area contributed by atoms with Crippen molar-refractivity contribution >= 4 is 17.4 Å². The number of carbonyl (C=O) groups is 2. The zero-order chi connectivity index (χ0) is 25.3. The minimum Gasteiger partial charge on any atom is -0.495 e. The molecular weight excluding hydrogens is 444 g/mol. The average molecular weight is 477 g/mol. The number of Topliss-reactive ketones (excluding diaryl/α,β-unsaturated/α-hetero) is 1. The fourth-order valence-corrected chi connectivity index (χ4v) is 5.04. The van der Waals surface area contributed by atoms with Gasteiger partial charge in [0.15, 0.2) is 17.3 Å². The van der Waals surface area contributed by atoms with Crippen molar-refractivity contribution in [3.63, 3.8) is 0 Å². The maximum absolute atomic E-state index is 13.8. The van der Waals surface area contributed by atoms with Crippen LogP contribution in [0.1, 0.15) is 45.1 Å². The average Bonchev–Trinajstić information content (AvgIpc) is 2.82. The number of methoxy groups -OCH3 is 3. The molecule has 7 nitrogen and oxygen atoms in total. The highest BCUT2D eigenvalue weighted by molar-refractivity contribution is 6.10. The summed E-state index contributed by atoms with van der Waals surface area (Å²) in [5.74, 6) is 0.861. The molecule has 184 valence electrons. The van der Waals surface area contributed by atoms with Gasteiger partial charge in [0.1, 0.15) is 5.75 Å². The summed E-state index contributed by atoms with van der Waals surface area (Å²) >= 11 is 0. The molecule has 0 aromatic heterocycles. The standard InChI is InChI=1S/C28H32N2O5/c1-16-24(27(32)30-18-9-7-8-10-21(18)33-4)25(17-11-12-22(34-5)23(13-17)35-6)26-19(29-16)14-28(2,3)15-20(26)31/h7-13,25,29H,14-15H2,1-6H3,(H,30,32)/t25-/m1/s1. The maximum atomic E-state index is 13.8. The highest BCUT2D eigenvalue weighted by Gasteiger charge is 2.43. The molecule has 1 heterocycles. The largest absolute Gasteiger partial charge is 0.495 e. The predicted molar refractivity (Wildman–Crippen MR) is 135 cm³/mol. The number of benzene rings is 2. The van der Waals surface area contributed by atoms with E-state index in [-0.39, 0.29) is 17.1 Å². The summed E-state index contributed by atoms with van der Waals surface area (Å²) in [7, 11) is 4.70. The summed E-state index contributed by atoms with van der Waals surface area (Å²) in [6, 6.07) is 12.8. The number of rotatable bonds is 6. The van der Waals surface area contributed by atoms with Gasteiger partial charge in [-0.3, -0.25) is 9.59 Å². The van der Waals surface area contributed by atoms with E-state index in [1.807, 2.05) is 31.2 Å². The van der Waals surface area contributed by atoms with Crippen LogP contribution in [0, 0.1) is 5.41 Å². The number of nitrogens with one attached hydrogen (secondary N) is 2. The number of amides is 1. The monoisotopic (exact) mass is 476 g/mol. The Morgan fingerprint density at radius 3 is 2.34 bits per heavy atom. The van der Waals surface area contributed by atoms with Gasteiger partial charge in [0.2, 0.25) is 0 Å². The highest BCUT2D eigenvalue weighted by Crippen LogP contribution is 2.48. The van der Waals surface area contributed by atoms with Crippen LogP contribution in [-0.4, -0.2) is 33.0 Å². The van der Waals surface area contributed by atoms with Crippen LogP contribution in [0.2, 0.25) is 0 Å². The molecule has 0 saturated heterocycles. The SMILES string of the molecule is COc1ccccc1NC(=O)C1=C(C)NC2=C(C(=O)CC(C)(C)C2)[C@@H]1c1ccc(OC)c(OC)c1. The molecule has 1 aliphatic carbocycles. The first-order valence-corrected chi connectivity index (χ1v) is 11.6. The summed E-state index contributed by atoms with van der Waals surface area (Å²) in [5.41, 5.74) is 3.88. The molecule has 1 amide bonds. The number of hydrogen-bond donors (Lipinski definition) is 2. The van der Waals surface area contributed by atoms with Crippen molar-refractivity contribution in [3.8, 4) is 17.2 Å². The Labute approximate surface area is 206 Å². The Hall–Kier alpha value is -3.74. The van der Waals surface area contributed by atoms with E-state index in [0.717, 1.165) is 17.7 Å². The number of anilines is 1. The molecule has 2 aromatic rings. The summed E-state index contributed by atoms with van der Waals surface area (Å²) < 4.78 is 16.4. The third kappa shape index (κ3) is 4.63. The Morgan fingerprint density at radius 2 is 1.66 bits per heavy atom. The Balaban J connectivity index is 1.85. The molecule has 0 fully saturated rings. The third-order valence-corrected chi connectivity index (χ3v) is 6.58. The number of ketones is 1. The normalized spacial score (nSPS) is 19.0. The first kappa shape index (κ1) is 24.4. The van der Waals surface area contributed by atoms with Crippen molar-refractivity contribution in [2.75, 3.05) is 26.6 Å². The topological polar surface area (TPSA) is 85.9 Å². The number of dihydropyridines is 1. The van der Waals surface area contributed by atoms with Gasteiger partial charge in [-0.05, 0) is 48.6 Å². The molecule has 0 spiro atoms. The van der Waals surface area contributed by atoms with E-state index in [1.165, 1.54) is 0 Å². The van der Waals surface area contributed by atoms with E-state index >= 15 is 0 Å². The molecule has 2 aromatic carbocycles. The lowest BCUT2D eigenvalue weighted by molar-refractivity contribution is -0.118. The first-order valence-electron chi connectivity index (χ1n) is 11.6. The zero-order valence-electron chi connectivity index (χ0n) is 21.1.